The number of hydrogen-bond acceptors (Lipinski definition) is 6. The Labute approximate surface area is 161 Å². The Bertz CT molecular complexity index is 877. The summed E-state index contributed by atoms with van der Waals surface area (Å²) in [5.41, 5.74) is 1.66. The third-order valence-corrected chi connectivity index (χ3v) is 3.95. The third kappa shape index (κ3) is 6.31. The molecular formula is C20H20N2O6. The molecule has 146 valence electrons. The van der Waals surface area contributed by atoms with Gasteiger partial charge in [0.15, 0.2) is 12.4 Å². The van der Waals surface area contributed by atoms with Crippen molar-refractivity contribution < 1.29 is 24.0 Å². The molecular weight excluding hydrogens is 364 g/mol. The first-order chi connectivity index (χ1) is 13.4. The first-order valence-corrected chi connectivity index (χ1v) is 8.71. The monoisotopic (exact) mass is 384 g/mol. The number of benzene rings is 2. The predicted molar refractivity (Wildman–Crippen MR) is 102 cm³/mol. The molecule has 0 aromatic heterocycles. The maximum absolute atomic E-state index is 12.0. The molecule has 0 fully saturated rings. The number of nitro groups is 1. The van der Waals surface area contributed by atoms with Gasteiger partial charge >= 0.3 is 5.97 Å². The van der Waals surface area contributed by atoms with Crippen LogP contribution in [0.25, 0.3) is 0 Å². The first kappa shape index (κ1) is 20.8. The molecule has 0 radical (unpaired) electrons. The summed E-state index contributed by atoms with van der Waals surface area (Å²) in [4.78, 5) is 45.8. The van der Waals surface area contributed by atoms with Crippen molar-refractivity contribution in [2.24, 2.45) is 0 Å². The number of ether oxygens (including phenoxy) is 1. The Morgan fingerprint density at radius 3 is 2.43 bits per heavy atom. The molecule has 0 heterocycles. The lowest BCUT2D eigenvalue weighted by atomic mass is 10.1. The number of nitrogens with one attached hydrogen (secondary N) is 1. The number of anilines is 1. The molecule has 8 heteroatoms. The second-order valence-corrected chi connectivity index (χ2v) is 5.99. The lowest BCUT2D eigenvalue weighted by Crippen LogP contribution is -2.17. The van der Waals surface area contributed by atoms with Gasteiger partial charge in [-0.2, -0.15) is 0 Å². The molecule has 1 N–H and O–H groups in total. The van der Waals surface area contributed by atoms with Crippen LogP contribution < -0.4 is 5.32 Å². The molecule has 0 unspecified atom stereocenters. The van der Waals surface area contributed by atoms with Crippen LogP contribution in [0.15, 0.2) is 48.5 Å². The summed E-state index contributed by atoms with van der Waals surface area (Å²) >= 11 is 0. The van der Waals surface area contributed by atoms with Gasteiger partial charge in [0.1, 0.15) is 0 Å². The highest BCUT2D eigenvalue weighted by Crippen LogP contribution is 2.17. The highest BCUT2D eigenvalue weighted by atomic mass is 16.6. The lowest BCUT2D eigenvalue weighted by molar-refractivity contribution is -0.384. The summed E-state index contributed by atoms with van der Waals surface area (Å²) in [5, 5.41) is 13.2. The summed E-state index contributed by atoms with van der Waals surface area (Å²) in [6.45, 7) is 1.62. The number of aryl methyl sites for hydroxylation is 1. The minimum atomic E-state index is -0.673. The maximum Gasteiger partial charge on any atom is 0.306 e. The fraction of sp³-hybridized carbons (Fsp3) is 0.250. The normalized spacial score (nSPS) is 10.2. The summed E-state index contributed by atoms with van der Waals surface area (Å²) < 4.78 is 4.91. The van der Waals surface area contributed by atoms with E-state index in [2.05, 4.69) is 5.32 Å². The van der Waals surface area contributed by atoms with Gasteiger partial charge in [-0.15, -0.1) is 0 Å². The van der Waals surface area contributed by atoms with E-state index in [1.807, 2.05) is 19.1 Å². The molecule has 8 nitrogen and oxygen atoms in total. The van der Waals surface area contributed by atoms with Gasteiger partial charge in [-0.3, -0.25) is 24.5 Å². The average Bonchev–Trinajstić information content (AvgIpc) is 2.70. The molecule has 2 aromatic rings. The Balaban J connectivity index is 1.75. The van der Waals surface area contributed by atoms with E-state index in [0.29, 0.717) is 5.56 Å². The number of nitrogens with zero attached hydrogens (tertiary/aromatic N) is 1. The van der Waals surface area contributed by atoms with Crippen molar-refractivity contribution in [2.45, 2.75) is 26.2 Å². The van der Waals surface area contributed by atoms with Gasteiger partial charge in [0.25, 0.3) is 5.69 Å². The SMILES string of the molecule is CCc1ccc(C(=O)COC(=O)CCC(=O)Nc2cccc([N+](=O)[O-])c2)cc1. The van der Waals surface area contributed by atoms with Crippen molar-refractivity contribution in [1.82, 2.24) is 0 Å². The highest BCUT2D eigenvalue weighted by Gasteiger charge is 2.13. The second kappa shape index (κ2) is 9.96. The molecule has 0 aliphatic carbocycles. The number of Topliss-reactive ketones (excluding diaryl/α,β-unsaturated/α-hetero) is 1. The first-order valence-electron chi connectivity index (χ1n) is 8.71. The van der Waals surface area contributed by atoms with Gasteiger partial charge in [0.2, 0.25) is 5.91 Å². The Hall–Kier alpha value is -3.55. The molecule has 0 bridgehead atoms. The quantitative estimate of drug-likeness (QED) is 0.307. The summed E-state index contributed by atoms with van der Waals surface area (Å²) in [7, 11) is 0. The van der Waals surface area contributed by atoms with E-state index in [1.165, 1.54) is 24.3 Å². The molecule has 0 spiro atoms. The molecule has 2 aromatic carbocycles. The molecule has 0 atom stereocenters. The minimum absolute atomic E-state index is 0.150. The van der Waals surface area contributed by atoms with Crippen molar-refractivity contribution in [2.75, 3.05) is 11.9 Å². The van der Waals surface area contributed by atoms with E-state index in [-0.39, 0.29) is 30.0 Å². The smallest absolute Gasteiger partial charge is 0.306 e. The Morgan fingerprint density at radius 1 is 1.07 bits per heavy atom. The molecule has 1 amide bonds. The zero-order valence-corrected chi connectivity index (χ0v) is 15.3. The molecule has 0 saturated heterocycles. The van der Waals surface area contributed by atoms with Gasteiger partial charge in [0, 0.05) is 29.8 Å². The summed E-state index contributed by atoms with van der Waals surface area (Å²) in [6, 6.07) is 12.5. The fourth-order valence-corrected chi connectivity index (χ4v) is 2.36. The van der Waals surface area contributed by atoms with Crippen LogP contribution in [0.3, 0.4) is 0 Å². The molecule has 28 heavy (non-hydrogen) atoms. The number of ketones is 1. The van der Waals surface area contributed by atoms with E-state index in [4.69, 9.17) is 4.74 Å². The number of hydrogen-bond donors (Lipinski definition) is 1. The second-order valence-electron chi connectivity index (χ2n) is 5.99. The molecule has 0 aliphatic rings. The lowest BCUT2D eigenvalue weighted by Gasteiger charge is -2.06. The van der Waals surface area contributed by atoms with E-state index >= 15 is 0 Å². The predicted octanol–water partition coefficient (Wildman–Crippen LogP) is 3.30. The summed E-state index contributed by atoms with van der Waals surface area (Å²) in [5.74, 6) is -1.48. The van der Waals surface area contributed by atoms with Crippen LogP contribution in [-0.4, -0.2) is 29.2 Å². The number of non-ortho nitro benzene ring substituents is 1. The number of esters is 1. The van der Waals surface area contributed by atoms with Gasteiger partial charge in [-0.1, -0.05) is 37.3 Å². The maximum atomic E-state index is 12.0. The minimum Gasteiger partial charge on any atom is -0.457 e. The van der Waals surface area contributed by atoms with Crippen molar-refractivity contribution >= 4 is 29.0 Å². The van der Waals surface area contributed by atoms with Crippen LogP contribution >= 0.6 is 0 Å². The van der Waals surface area contributed by atoms with Crippen molar-refractivity contribution in [1.29, 1.82) is 0 Å². The molecule has 2 rings (SSSR count). The van der Waals surface area contributed by atoms with Gasteiger partial charge in [-0.05, 0) is 18.1 Å². The zero-order valence-electron chi connectivity index (χ0n) is 15.3. The van der Waals surface area contributed by atoms with E-state index < -0.39 is 23.4 Å². The van der Waals surface area contributed by atoms with Crippen LogP contribution in [0.2, 0.25) is 0 Å². The Morgan fingerprint density at radius 2 is 1.79 bits per heavy atom. The van der Waals surface area contributed by atoms with Gasteiger partial charge < -0.3 is 10.1 Å². The molecule has 0 aliphatic heterocycles. The van der Waals surface area contributed by atoms with Crippen LogP contribution in [0.1, 0.15) is 35.7 Å². The van der Waals surface area contributed by atoms with Crippen molar-refractivity contribution in [3.8, 4) is 0 Å². The highest BCUT2D eigenvalue weighted by molar-refractivity contribution is 5.98. The Kier molecular flexibility index (Phi) is 7.38. The number of amides is 1. The van der Waals surface area contributed by atoms with Crippen LogP contribution in [0.4, 0.5) is 11.4 Å². The van der Waals surface area contributed by atoms with Crippen molar-refractivity contribution in [3.05, 3.63) is 69.8 Å². The average molecular weight is 384 g/mol. The van der Waals surface area contributed by atoms with Gasteiger partial charge in [0.05, 0.1) is 11.3 Å². The number of carbonyl (C=O) groups is 3. The zero-order chi connectivity index (χ0) is 20.5. The number of rotatable bonds is 9. The number of nitro benzene ring substituents is 1. The largest absolute Gasteiger partial charge is 0.457 e. The third-order valence-electron chi connectivity index (χ3n) is 3.95. The number of carbonyl (C=O) groups excluding carboxylic acids is 3. The van der Waals surface area contributed by atoms with E-state index in [9.17, 15) is 24.5 Å². The van der Waals surface area contributed by atoms with Gasteiger partial charge in [-0.25, -0.2) is 0 Å². The van der Waals surface area contributed by atoms with E-state index in [1.54, 1.807) is 12.1 Å². The van der Waals surface area contributed by atoms with Crippen LogP contribution in [-0.2, 0) is 20.7 Å². The topological polar surface area (TPSA) is 116 Å². The standard InChI is InChI=1S/C20H20N2O6/c1-2-14-6-8-15(9-7-14)18(23)13-28-20(25)11-10-19(24)21-16-4-3-5-17(12-16)22(26)27/h3-9,12H,2,10-11,13H2,1H3,(H,21,24). The van der Waals surface area contributed by atoms with Crippen molar-refractivity contribution in [3.63, 3.8) is 0 Å². The molecule has 0 saturated carbocycles. The van der Waals surface area contributed by atoms with E-state index in [0.717, 1.165) is 12.0 Å². The van der Waals surface area contributed by atoms with Crippen LogP contribution in [0, 0.1) is 10.1 Å². The fourth-order valence-electron chi connectivity index (χ4n) is 2.36. The van der Waals surface area contributed by atoms with Crippen LogP contribution in [0.5, 0.6) is 0 Å². The summed E-state index contributed by atoms with van der Waals surface area (Å²) in [6.07, 6.45) is 0.492.